The number of hydrogen-bond donors (Lipinski definition) is 2. The zero-order valence-corrected chi connectivity index (χ0v) is 16.6. The van der Waals surface area contributed by atoms with Crippen LogP contribution in [0.2, 0.25) is 0 Å². The highest BCUT2D eigenvalue weighted by Gasteiger charge is 2.23. The van der Waals surface area contributed by atoms with Crippen LogP contribution in [0.3, 0.4) is 0 Å². The van der Waals surface area contributed by atoms with E-state index in [0.717, 1.165) is 35.0 Å². The lowest BCUT2D eigenvalue weighted by Gasteiger charge is -2.32. The minimum Gasteiger partial charge on any atom is -0.396 e. The van der Waals surface area contributed by atoms with Crippen molar-refractivity contribution in [1.29, 1.82) is 0 Å². The van der Waals surface area contributed by atoms with Gasteiger partial charge >= 0.3 is 0 Å². The molecule has 7 heteroatoms. The first-order valence-corrected chi connectivity index (χ1v) is 9.73. The highest BCUT2D eigenvalue weighted by Crippen LogP contribution is 2.31. The number of halogens is 1. The fourth-order valence-corrected chi connectivity index (χ4v) is 4.07. The van der Waals surface area contributed by atoms with Gasteiger partial charge < -0.3 is 20.5 Å². The van der Waals surface area contributed by atoms with Crippen LogP contribution in [0, 0.1) is 5.82 Å². The Morgan fingerprint density at radius 2 is 1.96 bits per heavy atom. The number of benzene rings is 1. The third kappa shape index (κ3) is 3.54. The number of fused-ring (bicyclic) bond motifs is 1. The summed E-state index contributed by atoms with van der Waals surface area (Å²) in [5.74, 6) is 0.235. The summed E-state index contributed by atoms with van der Waals surface area (Å²) < 4.78 is 15.9. The summed E-state index contributed by atoms with van der Waals surface area (Å²) in [6.07, 6.45) is 8.38. The average molecular weight is 382 g/mol. The molecule has 1 aliphatic carbocycles. The van der Waals surface area contributed by atoms with Crippen molar-refractivity contribution in [3.05, 3.63) is 36.4 Å². The minimum atomic E-state index is -0.415. The van der Waals surface area contributed by atoms with Gasteiger partial charge in [-0.25, -0.2) is 9.37 Å². The summed E-state index contributed by atoms with van der Waals surface area (Å²) in [7, 11) is 6.24. The first-order valence-electron chi connectivity index (χ1n) is 9.73. The van der Waals surface area contributed by atoms with Crippen molar-refractivity contribution in [2.24, 2.45) is 7.05 Å². The molecular formula is C21H27FN6. The van der Waals surface area contributed by atoms with Gasteiger partial charge in [0, 0.05) is 42.5 Å². The maximum absolute atomic E-state index is 13.9. The van der Waals surface area contributed by atoms with E-state index in [4.69, 9.17) is 10.7 Å². The molecule has 0 bridgehead atoms. The van der Waals surface area contributed by atoms with Crippen LogP contribution in [0.1, 0.15) is 25.7 Å². The fourth-order valence-electron chi connectivity index (χ4n) is 4.07. The molecule has 0 aliphatic heterocycles. The Morgan fingerprint density at radius 1 is 1.21 bits per heavy atom. The van der Waals surface area contributed by atoms with Gasteiger partial charge in [0.05, 0.1) is 5.69 Å². The van der Waals surface area contributed by atoms with Crippen molar-refractivity contribution in [2.45, 2.75) is 37.8 Å². The number of aromatic nitrogens is 3. The number of anilines is 2. The molecular weight excluding hydrogens is 355 g/mol. The van der Waals surface area contributed by atoms with E-state index in [1.54, 1.807) is 6.07 Å². The minimum absolute atomic E-state index is 0.149. The average Bonchev–Trinajstić information content (AvgIpc) is 3.01. The topological polar surface area (TPSA) is 72.0 Å². The highest BCUT2D eigenvalue weighted by atomic mass is 19.1. The van der Waals surface area contributed by atoms with Gasteiger partial charge in [-0.05, 0) is 57.5 Å². The first-order chi connectivity index (χ1) is 13.4. The summed E-state index contributed by atoms with van der Waals surface area (Å²) in [6, 6.07) is 5.93. The number of rotatable bonds is 4. The molecule has 0 radical (unpaired) electrons. The Hall–Kier alpha value is -2.67. The van der Waals surface area contributed by atoms with Crippen LogP contribution in [0.4, 0.5) is 16.0 Å². The monoisotopic (exact) mass is 382 g/mol. The SMILES string of the molecule is CN(C)C1CCC(Nc2ncc3c(-c4ccc(N)c(F)c4)cn(C)c3n2)CC1. The Morgan fingerprint density at radius 3 is 2.64 bits per heavy atom. The number of nitrogens with zero attached hydrogens (tertiary/aromatic N) is 4. The van der Waals surface area contributed by atoms with Crippen molar-refractivity contribution in [3.63, 3.8) is 0 Å². The van der Waals surface area contributed by atoms with Gasteiger partial charge in [0.1, 0.15) is 11.5 Å². The second kappa shape index (κ2) is 7.39. The molecule has 3 N–H and O–H groups in total. The van der Waals surface area contributed by atoms with Crippen LogP contribution >= 0.6 is 0 Å². The van der Waals surface area contributed by atoms with Crippen molar-refractivity contribution < 1.29 is 4.39 Å². The number of nitrogens with one attached hydrogen (secondary N) is 1. The van der Waals surface area contributed by atoms with Gasteiger partial charge in [-0.2, -0.15) is 4.98 Å². The molecule has 0 amide bonds. The number of aryl methyl sites for hydroxylation is 1. The van der Waals surface area contributed by atoms with Gasteiger partial charge in [0.15, 0.2) is 0 Å². The Bertz CT molecular complexity index is 988. The van der Waals surface area contributed by atoms with Gasteiger partial charge in [0.2, 0.25) is 5.95 Å². The number of hydrogen-bond acceptors (Lipinski definition) is 5. The third-order valence-electron chi connectivity index (χ3n) is 5.79. The summed E-state index contributed by atoms with van der Waals surface area (Å²) in [6.45, 7) is 0. The summed E-state index contributed by atoms with van der Waals surface area (Å²) in [5, 5.41) is 4.39. The lowest BCUT2D eigenvalue weighted by atomic mass is 9.91. The predicted octanol–water partition coefficient (Wildman–Crippen LogP) is 3.64. The van der Waals surface area contributed by atoms with Gasteiger partial charge in [0.25, 0.3) is 0 Å². The van der Waals surface area contributed by atoms with Crippen molar-refractivity contribution in [2.75, 3.05) is 25.1 Å². The van der Waals surface area contributed by atoms with Crippen LogP contribution in [0.5, 0.6) is 0 Å². The van der Waals surface area contributed by atoms with Gasteiger partial charge in [-0.1, -0.05) is 6.07 Å². The smallest absolute Gasteiger partial charge is 0.224 e. The molecule has 1 saturated carbocycles. The Balaban J connectivity index is 1.57. The quantitative estimate of drug-likeness (QED) is 0.674. The molecule has 1 aliphatic rings. The Kier molecular flexibility index (Phi) is 4.93. The van der Waals surface area contributed by atoms with E-state index < -0.39 is 5.82 Å². The van der Waals surface area contributed by atoms with Gasteiger partial charge in [-0.3, -0.25) is 0 Å². The maximum Gasteiger partial charge on any atom is 0.224 e. The molecule has 3 aromatic rings. The molecule has 6 nitrogen and oxygen atoms in total. The fraction of sp³-hybridized carbons (Fsp3) is 0.429. The molecule has 0 spiro atoms. The van der Waals surface area contributed by atoms with Crippen molar-refractivity contribution >= 4 is 22.7 Å². The van der Waals surface area contributed by atoms with Crippen LogP contribution in [0.15, 0.2) is 30.6 Å². The lowest BCUT2D eigenvalue weighted by Crippen LogP contribution is -2.36. The van der Waals surface area contributed by atoms with E-state index in [1.165, 1.54) is 18.9 Å². The zero-order chi connectivity index (χ0) is 19.8. The highest BCUT2D eigenvalue weighted by molar-refractivity contribution is 5.94. The summed E-state index contributed by atoms with van der Waals surface area (Å²) >= 11 is 0. The second-order valence-corrected chi connectivity index (χ2v) is 7.93. The molecule has 0 saturated heterocycles. The van der Waals surface area contributed by atoms with E-state index in [2.05, 4.69) is 29.3 Å². The van der Waals surface area contributed by atoms with Crippen LogP contribution < -0.4 is 11.1 Å². The van der Waals surface area contributed by atoms with Crippen LogP contribution in [0.25, 0.3) is 22.2 Å². The molecule has 28 heavy (non-hydrogen) atoms. The molecule has 148 valence electrons. The van der Waals surface area contributed by atoms with E-state index in [9.17, 15) is 4.39 Å². The summed E-state index contributed by atoms with van der Waals surface area (Å²) in [4.78, 5) is 11.6. The van der Waals surface area contributed by atoms with E-state index in [1.807, 2.05) is 30.1 Å². The standard InChI is InChI=1S/C21H27FN6/c1-27(2)15-7-5-14(6-8-15)25-21-24-11-16-17(12-28(3)20(16)26-21)13-4-9-19(23)18(22)10-13/h4,9-12,14-15H,5-8,23H2,1-3H3,(H,24,25,26). The maximum atomic E-state index is 13.9. The predicted molar refractivity (Wildman–Crippen MR) is 112 cm³/mol. The third-order valence-corrected chi connectivity index (χ3v) is 5.79. The van der Waals surface area contributed by atoms with Crippen LogP contribution in [-0.2, 0) is 7.05 Å². The molecule has 2 aromatic heterocycles. The molecule has 1 aromatic carbocycles. The largest absolute Gasteiger partial charge is 0.396 e. The molecule has 1 fully saturated rings. The zero-order valence-electron chi connectivity index (χ0n) is 16.6. The molecule has 0 unspecified atom stereocenters. The van der Waals surface area contributed by atoms with E-state index in [0.29, 0.717) is 18.0 Å². The second-order valence-electron chi connectivity index (χ2n) is 7.93. The normalized spacial score (nSPS) is 20.0. The van der Waals surface area contributed by atoms with Crippen LogP contribution in [-0.4, -0.2) is 45.6 Å². The Labute approximate surface area is 164 Å². The number of nitrogens with two attached hydrogens (primary N) is 1. The van der Waals surface area contributed by atoms with E-state index >= 15 is 0 Å². The molecule has 4 rings (SSSR count). The first kappa shape index (κ1) is 18.7. The molecule has 0 atom stereocenters. The van der Waals surface area contributed by atoms with Gasteiger partial charge in [-0.15, -0.1) is 0 Å². The van der Waals surface area contributed by atoms with Crippen molar-refractivity contribution in [3.8, 4) is 11.1 Å². The number of nitrogen functional groups attached to an aromatic ring is 1. The molecule has 2 heterocycles. The van der Waals surface area contributed by atoms with Crippen molar-refractivity contribution in [1.82, 2.24) is 19.4 Å². The summed E-state index contributed by atoms with van der Waals surface area (Å²) in [5.41, 5.74) is 8.24. The van der Waals surface area contributed by atoms with E-state index in [-0.39, 0.29) is 5.69 Å². The lowest BCUT2D eigenvalue weighted by molar-refractivity contribution is 0.221.